The Bertz CT molecular complexity index is 395. The summed E-state index contributed by atoms with van der Waals surface area (Å²) < 4.78 is 5.00. The highest BCUT2D eigenvalue weighted by Gasteiger charge is 2.18. The minimum atomic E-state index is -0.316. The van der Waals surface area contributed by atoms with E-state index in [1.807, 2.05) is 0 Å². The van der Waals surface area contributed by atoms with E-state index in [0.717, 1.165) is 24.7 Å². The van der Waals surface area contributed by atoms with Crippen molar-refractivity contribution in [1.29, 1.82) is 0 Å². The van der Waals surface area contributed by atoms with Crippen LogP contribution in [0.5, 0.6) is 0 Å². The fourth-order valence-corrected chi connectivity index (χ4v) is 2.45. The third kappa shape index (κ3) is 3.66. The average molecular weight is 254 g/mol. The van der Waals surface area contributed by atoms with Crippen LogP contribution in [0.3, 0.4) is 0 Å². The molecular formula is C13H18O3S. The molecule has 1 heterocycles. The summed E-state index contributed by atoms with van der Waals surface area (Å²) in [6.45, 7) is 6.38. The van der Waals surface area contributed by atoms with Crippen LogP contribution in [0.15, 0.2) is 6.07 Å². The zero-order valence-electron chi connectivity index (χ0n) is 10.5. The van der Waals surface area contributed by atoms with Gasteiger partial charge in [-0.3, -0.25) is 4.79 Å². The number of esters is 1. The van der Waals surface area contributed by atoms with Crippen LogP contribution in [0, 0.1) is 5.92 Å². The van der Waals surface area contributed by atoms with Gasteiger partial charge in [0.15, 0.2) is 6.29 Å². The Hall–Kier alpha value is -1.16. The van der Waals surface area contributed by atoms with Gasteiger partial charge in [-0.05, 0) is 30.9 Å². The van der Waals surface area contributed by atoms with Crippen LogP contribution < -0.4 is 0 Å². The van der Waals surface area contributed by atoms with Crippen molar-refractivity contribution in [3.8, 4) is 0 Å². The van der Waals surface area contributed by atoms with Gasteiger partial charge in [-0.15, -0.1) is 11.3 Å². The minimum absolute atomic E-state index is 0.316. The van der Waals surface area contributed by atoms with Crippen molar-refractivity contribution in [3.05, 3.63) is 21.4 Å². The number of thiophene rings is 1. The van der Waals surface area contributed by atoms with Gasteiger partial charge in [0.05, 0.1) is 11.5 Å². The molecule has 1 rings (SSSR count). The number of aldehydes is 1. The van der Waals surface area contributed by atoms with Crippen LogP contribution in [0.4, 0.5) is 0 Å². The van der Waals surface area contributed by atoms with E-state index in [2.05, 4.69) is 13.8 Å². The van der Waals surface area contributed by atoms with E-state index < -0.39 is 0 Å². The van der Waals surface area contributed by atoms with Crippen LogP contribution in [0.25, 0.3) is 0 Å². The normalized spacial score (nSPS) is 12.2. The van der Waals surface area contributed by atoms with Crippen molar-refractivity contribution in [2.24, 2.45) is 5.92 Å². The molecular weight excluding hydrogens is 236 g/mol. The molecule has 17 heavy (non-hydrogen) atoms. The molecule has 0 spiro atoms. The zero-order chi connectivity index (χ0) is 12.8. The third-order valence-electron chi connectivity index (χ3n) is 2.67. The van der Waals surface area contributed by atoms with Crippen molar-refractivity contribution in [3.63, 3.8) is 0 Å². The Kier molecular flexibility index (Phi) is 5.35. The van der Waals surface area contributed by atoms with Gasteiger partial charge in [0, 0.05) is 0 Å². The van der Waals surface area contributed by atoms with Gasteiger partial charge in [0.2, 0.25) is 0 Å². The summed E-state index contributed by atoms with van der Waals surface area (Å²) in [4.78, 5) is 23.7. The SMILES string of the molecule is CCOC(=O)c1sc(C=O)cc1CC(C)CC. The Balaban J connectivity index is 2.96. The molecule has 4 heteroatoms. The standard InChI is InChI=1S/C13H18O3S/c1-4-9(3)6-10-7-11(8-14)17-12(10)13(15)16-5-2/h7-9H,4-6H2,1-3H3. The molecule has 0 bridgehead atoms. The number of rotatable bonds is 6. The van der Waals surface area contributed by atoms with Crippen LogP contribution in [0.1, 0.15) is 52.1 Å². The molecule has 0 aliphatic rings. The Morgan fingerprint density at radius 2 is 2.24 bits per heavy atom. The van der Waals surface area contributed by atoms with Crippen molar-refractivity contribution >= 4 is 23.6 Å². The van der Waals surface area contributed by atoms with E-state index in [9.17, 15) is 9.59 Å². The molecule has 1 aromatic heterocycles. The summed E-state index contributed by atoms with van der Waals surface area (Å²) in [7, 11) is 0. The second-order valence-electron chi connectivity index (χ2n) is 4.06. The van der Waals surface area contributed by atoms with Crippen molar-refractivity contribution in [1.82, 2.24) is 0 Å². The maximum Gasteiger partial charge on any atom is 0.348 e. The summed E-state index contributed by atoms with van der Waals surface area (Å²) in [5.74, 6) is 0.182. The summed E-state index contributed by atoms with van der Waals surface area (Å²) in [5.41, 5.74) is 0.935. The molecule has 0 saturated heterocycles. The van der Waals surface area contributed by atoms with E-state index in [1.165, 1.54) is 11.3 Å². The molecule has 94 valence electrons. The Morgan fingerprint density at radius 3 is 2.76 bits per heavy atom. The lowest BCUT2D eigenvalue weighted by atomic mass is 9.99. The van der Waals surface area contributed by atoms with Gasteiger partial charge >= 0.3 is 5.97 Å². The molecule has 0 aliphatic carbocycles. The molecule has 0 radical (unpaired) electrons. The lowest BCUT2D eigenvalue weighted by Gasteiger charge is -2.08. The average Bonchev–Trinajstić information content (AvgIpc) is 2.72. The molecule has 0 fully saturated rings. The maximum absolute atomic E-state index is 11.7. The lowest BCUT2D eigenvalue weighted by Crippen LogP contribution is -2.07. The van der Waals surface area contributed by atoms with Crippen LogP contribution in [-0.4, -0.2) is 18.9 Å². The van der Waals surface area contributed by atoms with Crippen molar-refractivity contribution < 1.29 is 14.3 Å². The van der Waals surface area contributed by atoms with E-state index >= 15 is 0 Å². The van der Waals surface area contributed by atoms with Crippen molar-refractivity contribution in [2.45, 2.75) is 33.6 Å². The summed E-state index contributed by atoms with van der Waals surface area (Å²) in [5, 5.41) is 0. The molecule has 1 aromatic rings. The van der Waals surface area contributed by atoms with Gasteiger partial charge in [-0.2, -0.15) is 0 Å². The Morgan fingerprint density at radius 1 is 1.53 bits per heavy atom. The van der Waals surface area contributed by atoms with Crippen LogP contribution in [0.2, 0.25) is 0 Å². The van der Waals surface area contributed by atoms with E-state index in [4.69, 9.17) is 4.74 Å². The summed E-state index contributed by atoms with van der Waals surface area (Å²) >= 11 is 1.22. The first-order valence-corrected chi connectivity index (χ1v) is 6.69. The second kappa shape index (κ2) is 6.55. The Labute approximate surface area is 106 Å². The van der Waals surface area contributed by atoms with Gasteiger partial charge < -0.3 is 4.74 Å². The van der Waals surface area contributed by atoms with Gasteiger partial charge in [0.1, 0.15) is 4.88 Å². The number of carbonyl (C=O) groups excluding carboxylic acids is 2. The number of ether oxygens (including phenoxy) is 1. The minimum Gasteiger partial charge on any atom is -0.462 e. The molecule has 1 unspecified atom stereocenters. The number of hydrogen-bond acceptors (Lipinski definition) is 4. The van der Waals surface area contributed by atoms with Crippen LogP contribution in [-0.2, 0) is 11.2 Å². The molecule has 3 nitrogen and oxygen atoms in total. The van der Waals surface area contributed by atoms with E-state index in [1.54, 1.807) is 13.0 Å². The first-order chi connectivity index (χ1) is 8.12. The predicted octanol–water partition coefficient (Wildman–Crippen LogP) is 3.33. The van der Waals surface area contributed by atoms with E-state index in [-0.39, 0.29) is 5.97 Å². The molecule has 0 saturated carbocycles. The highest BCUT2D eigenvalue weighted by atomic mass is 32.1. The highest BCUT2D eigenvalue weighted by Crippen LogP contribution is 2.25. The smallest absolute Gasteiger partial charge is 0.348 e. The zero-order valence-corrected chi connectivity index (χ0v) is 11.3. The number of carbonyl (C=O) groups is 2. The molecule has 0 aromatic carbocycles. The number of hydrogen-bond donors (Lipinski definition) is 0. The monoisotopic (exact) mass is 254 g/mol. The van der Waals surface area contributed by atoms with Gasteiger partial charge in [0.25, 0.3) is 0 Å². The van der Waals surface area contributed by atoms with E-state index in [0.29, 0.717) is 22.3 Å². The van der Waals surface area contributed by atoms with Crippen LogP contribution >= 0.6 is 11.3 Å². The molecule has 1 atom stereocenters. The fourth-order valence-electron chi connectivity index (χ4n) is 1.55. The molecule has 0 aliphatic heterocycles. The van der Waals surface area contributed by atoms with Gasteiger partial charge in [-0.25, -0.2) is 4.79 Å². The second-order valence-corrected chi connectivity index (χ2v) is 5.14. The van der Waals surface area contributed by atoms with Gasteiger partial charge in [-0.1, -0.05) is 20.3 Å². The third-order valence-corrected chi connectivity index (χ3v) is 3.75. The molecule has 0 N–H and O–H groups in total. The largest absolute Gasteiger partial charge is 0.462 e. The summed E-state index contributed by atoms with van der Waals surface area (Å²) in [6, 6.07) is 1.80. The molecule has 0 amide bonds. The predicted molar refractivity (Wildman–Crippen MR) is 68.8 cm³/mol. The summed E-state index contributed by atoms with van der Waals surface area (Å²) in [6.07, 6.45) is 2.65. The fraction of sp³-hybridized carbons (Fsp3) is 0.538. The van der Waals surface area contributed by atoms with Crippen molar-refractivity contribution in [2.75, 3.05) is 6.61 Å². The quantitative estimate of drug-likeness (QED) is 0.577. The first kappa shape index (κ1) is 13.9. The highest BCUT2D eigenvalue weighted by molar-refractivity contribution is 7.15. The topological polar surface area (TPSA) is 43.4 Å². The maximum atomic E-state index is 11.7. The first-order valence-electron chi connectivity index (χ1n) is 5.87. The lowest BCUT2D eigenvalue weighted by molar-refractivity contribution is 0.0530.